The molecule has 2 heterocycles. The van der Waals surface area contributed by atoms with Crippen LogP contribution in [0.4, 0.5) is 5.69 Å². The van der Waals surface area contributed by atoms with Crippen LogP contribution in [-0.2, 0) is 0 Å². The highest BCUT2D eigenvalue weighted by Gasteiger charge is 2.26. The van der Waals surface area contributed by atoms with Gasteiger partial charge in [0.2, 0.25) is 0 Å². The zero-order valence-electron chi connectivity index (χ0n) is 10.4. The lowest BCUT2D eigenvalue weighted by Gasteiger charge is -2.23. The molecule has 2 rings (SSSR count). The minimum absolute atomic E-state index is 0.0176. The lowest BCUT2D eigenvalue weighted by Crippen LogP contribution is -2.26. The van der Waals surface area contributed by atoms with E-state index in [1.54, 1.807) is 0 Å². The molecule has 1 aliphatic rings. The molecule has 0 spiro atoms. The van der Waals surface area contributed by atoms with Gasteiger partial charge in [0.25, 0.3) is 0 Å². The molecule has 3 heteroatoms. The van der Waals surface area contributed by atoms with Crippen LogP contribution in [0, 0.1) is 5.92 Å². The van der Waals surface area contributed by atoms with E-state index >= 15 is 0 Å². The largest absolute Gasteiger partial charge is 0.367 e. The van der Waals surface area contributed by atoms with E-state index < -0.39 is 0 Å². The van der Waals surface area contributed by atoms with Crippen molar-refractivity contribution in [3.63, 3.8) is 0 Å². The van der Waals surface area contributed by atoms with Gasteiger partial charge in [0, 0.05) is 18.6 Å². The van der Waals surface area contributed by atoms with Crippen molar-refractivity contribution in [3.8, 4) is 0 Å². The second-order valence-electron chi connectivity index (χ2n) is 5.07. The van der Waals surface area contributed by atoms with Crippen molar-refractivity contribution < 1.29 is 0 Å². The highest BCUT2D eigenvalue weighted by atomic mass is 15.2. The van der Waals surface area contributed by atoms with E-state index in [9.17, 15) is 0 Å². The first-order chi connectivity index (χ1) is 7.58. The van der Waals surface area contributed by atoms with Crippen molar-refractivity contribution >= 4 is 5.69 Å². The molecule has 2 N–H and O–H groups in total. The van der Waals surface area contributed by atoms with Gasteiger partial charge in [0.1, 0.15) is 0 Å². The Morgan fingerprint density at radius 3 is 2.62 bits per heavy atom. The predicted octanol–water partition coefficient (Wildman–Crippen LogP) is 2.34. The van der Waals surface area contributed by atoms with Crippen molar-refractivity contribution in [3.05, 3.63) is 24.0 Å². The smallest absolute Gasteiger partial charge is 0.0569 e. The number of nitrogens with zero attached hydrogens (tertiary/aromatic N) is 2. The van der Waals surface area contributed by atoms with Crippen molar-refractivity contribution in [2.75, 3.05) is 11.4 Å². The number of hydrogen-bond acceptors (Lipinski definition) is 3. The Hall–Kier alpha value is -1.09. The van der Waals surface area contributed by atoms with Gasteiger partial charge < -0.3 is 10.6 Å². The zero-order chi connectivity index (χ0) is 11.7. The summed E-state index contributed by atoms with van der Waals surface area (Å²) in [5.74, 6) is 0.781. The molecule has 1 aliphatic heterocycles. The Morgan fingerprint density at radius 2 is 2.19 bits per heavy atom. The average Bonchev–Trinajstić information content (AvgIpc) is 2.58. The maximum absolute atomic E-state index is 5.79. The fourth-order valence-electron chi connectivity index (χ4n) is 2.50. The summed E-state index contributed by atoms with van der Waals surface area (Å²) in [6, 6.07) is 4.82. The number of anilines is 1. The van der Waals surface area contributed by atoms with E-state index in [4.69, 9.17) is 5.73 Å². The fraction of sp³-hybridized carbons (Fsp3) is 0.615. The molecular weight excluding hydrogens is 198 g/mol. The molecule has 0 aromatic carbocycles. The third-order valence-corrected chi connectivity index (χ3v) is 3.35. The maximum Gasteiger partial charge on any atom is 0.0569 e. The number of aromatic nitrogens is 1. The van der Waals surface area contributed by atoms with Crippen LogP contribution in [0.15, 0.2) is 18.3 Å². The van der Waals surface area contributed by atoms with Gasteiger partial charge in [0.05, 0.1) is 17.6 Å². The van der Waals surface area contributed by atoms with Crippen LogP contribution in [0.1, 0.15) is 38.9 Å². The van der Waals surface area contributed by atoms with Gasteiger partial charge in [-0.25, -0.2) is 0 Å². The summed E-state index contributed by atoms with van der Waals surface area (Å²) >= 11 is 0. The summed E-state index contributed by atoms with van der Waals surface area (Å²) in [6.07, 6.45) is 3.22. The molecule has 16 heavy (non-hydrogen) atoms. The normalized spacial score (nSPS) is 27.1. The standard InChI is InChI=1S/C13H21N3/c1-9-6-10(2)16(8-9)12-4-5-13(11(3)14)15-7-12/h4-5,7,9-11H,6,8,14H2,1-3H3/t9?,10?,11-/m1/s1. The van der Waals surface area contributed by atoms with Gasteiger partial charge in [0.15, 0.2) is 0 Å². The monoisotopic (exact) mass is 219 g/mol. The second-order valence-corrected chi connectivity index (χ2v) is 5.07. The molecule has 1 aromatic heterocycles. The summed E-state index contributed by atoms with van der Waals surface area (Å²) in [6.45, 7) is 7.69. The van der Waals surface area contributed by atoms with Crippen LogP contribution in [0.3, 0.4) is 0 Å². The molecule has 1 fully saturated rings. The van der Waals surface area contributed by atoms with Gasteiger partial charge in [-0.2, -0.15) is 0 Å². The van der Waals surface area contributed by atoms with E-state index in [1.165, 1.54) is 12.1 Å². The minimum atomic E-state index is 0.0176. The average molecular weight is 219 g/mol. The van der Waals surface area contributed by atoms with Crippen molar-refractivity contribution in [1.82, 2.24) is 4.98 Å². The Kier molecular flexibility index (Phi) is 3.15. The van der Waals surface area contributed by atoms with E-state index in [0.29, 0.717) is 6.04 Å². The van der Waals surface area contributed by atoms with Gasteiger partial charge >= 0.3 is 0 Å². The van der Waals surface area contributed by atoms with Crippen LogP contribution >= 0.6 is 0 Å². The third-order valence-electron chi connectivity index (χ3n) is 3.35. The second kappa shape index (κ2) is 4.42. The number of hydrogen-bond donors (Lipinski definition) is 1. The maximum atomic E-state index is 5.79. The van der Waals surface area contributed by atoms with E-state index in [0.717, 1.165) is 18.2 Å². The van der Waals surface area contributed by atoms with Gasteiger partial charge in [-0.05, 0) is 38.3 Å². The number of pyridine rings is 1. The van der Waals surface area contributed by atoms with Crippen molar-refractivity contribution in [1.29, 1.82) is 0 Å². The Balaban J connectivity index is 2.15. The molecule has 0 saturated carbocycles. The van der Waals surface area contributed by atoms with Crippen LogP contribution in [0.5, 0.6) is 0 Å². The van der Waals surface area contributed by atoms with Crippen LogP contribution in [0.25, 0.3) is 0 Å². The van der Waals surface area contributed by atoms with E-state index in [-0.39, 0.29) is 6.04 Å². The summed E-state index contributed by atoms with van der Waals surface area (Å²) in [4.78, 5) is 6.85. The summed E-state index contributed by atoms with van der Waals surface area (Å²) in [7, 11) is 0. The van der Waals surface area contributed by atoms with E-state index in [1.807, 2.05) is 19.2 Å². The highest BCUT2D eigenvalue weighted by molar-refractivity contribution is 5.47. The van der Waals surface area contributed by atoms with Gasteiger partial charge in [-0.1, -0.05) is 6.92 Å². The Morgan fingerprint density at radius 1 is 1.44 bits per heavy atom. The first-order valence-corrected chi connectivity index (χ1v) is 6.06. The molecule has 1 aromatic rings. The topological polar surface area (TPSA) is 42.1 Å². The lowest BCUT2D eigenvalue weighted by molar-refractivity contribution is 0.625. The Bertz CT molecular complexity index is 345. The zero-order valence-corrected chi connectivity index (χ0v) is 10.4. The first-order valence-electron chi connectivity index (χ1n) is 6.06. The third kappa shape index (κ3) is 2.19. The van der Waals surface area contributed by atoms with E-state index in [2.05, 4.69) is 29.8 Å². The molecular formula is C13H21N3. The van der Waals surface area contributed by atoms with Gasteiger partial charge in [-0.15, -0.1) is 0 Å². The molecule has 3 nitrogen and oxygen atoms in total. The predicted molar refractivity (Wildman–Crippen MR) is 67.4 cm³/mol. The van der Waals surface area contributed by atoms with Crippen LogP contribution in [-0.4, -0.2) is 17.6 Å². The summed E-state index contributed by atoms with van der Waals surface area (Å²) in [5, 5.41) is 0. The molecule has 1 saturated heterocycles. The Labute approximate surface area is 97.7 Å². The lowest BCUT2D eigenvalue weighted by atomic mass is 10.1. The van der Waals surface area contributed by atoms with Crippen molar-refractivity contribution in [2.45, 2.75) is 39.3 Å². The number of nitrogens with two attached hydrogens (primary N) is 1. The minimum Gasteiger partial charge on any atom is -0.367 e. The first kappa shape index (κ1) is 11.4. The molecule has 0 bridgehead atoms. The fourth-order valence-corrected chi connectivity index (χ4v) is 2.50. The van der Waals surface area contributed by atoms with Crippen LogP contribution < -0.4 is 10.6 Å². The molecule has 0 aliphatic carbocycles. The van der Waals surface area contributed by atoms with Crippen molar-refractivity contribution in [2.24, 2.45) is 11.7 Å². The quantitative estimate of drug-likeness (QED) is 0.830. The molecule has 3 atom stereocenters. The van der Waals surface area contributed by atoms with Crippen LogP contribution in [0.2, 0.25) is 0 Å². The van der Waals surface area contributed by atoms with Gasteiger partial charge in [-0.3, -0.25) is 4.98 Å². The highest BCUT2D eigenvalue weighted by Crippen LogP contribution is 2.28. The summed E-state index contributed by atoms with van der Waals surface area (Å²) < 4.78 is 0. The molecule has 88 valence electrons. The molecule has 0 radical (unpaired) electrons. The SMILES string of the molecule is CC1CC(C)N(c2ccc([C@@H](C)N)nc2)C1. The molecule has 0 amide bonds. The summed E-state index contributed by atoms with van der Waals surface area (Å²) in [5.41, 5.74) is 7.98. The molecule has 2 unspecified atom stereocenters. The number of rotatable bonds is 2.